The molecule has 3 aromatic rings. The Hall–Kier alpha value is -2.92. The number of ether oxygens (including phenoxy) is 1. The number of hydrogen-bond donors (Lipinski definition) is 1. The molecule has 2 heterocycles. The van der Waals surface area contributed by atoms with Crippen molar-refractivity contribution < 1.29 is 9.84 Å². The number of hydrogen-bond acceptors (Lipinski definition) is 5. The summed E-state index contributed by atoms with van der Waals surface area (Å²) in [6.07, 6.45) is 0.915. The van der Waals surface area contributed by atoms with Gasteiger partial charge in [-0.25, -0.2) is 9.97 Å². The van der Waals surface area contributed by atoms with E-state index in [1.165, 1.54) is 11.1 Å². The maximum Gasteiger partial charge on any atom is 0.131 e. The molecule has 0 unspecified atom stereocenters. The molecule has 0 saturated carbocycles. The van der Waals surface area contributed by atoms with Crippen LogP contribution in [-0.4, -0.2) is 33.6 Å². The third kappa shape index (κ3) is 4.25. The van der Waals surface area contributed by atoms with Gasteiger partial charge in [0.15, 0.2) is 0 Å². The number of aromatic nitrogens is 2. The summed E-state index contributed by atoms with van der Waals surface area (Å²) in [7, 11) is 1.69. The van der Waals surface area contributed by atoms with Crippen LogP contribution in [0.1, 0.15) is 42.4 Å². The molecule has 1 aliphatic rings. The molecule has 5 heteroatoms. The molecule has 0 aliphatic carbocycles. The number of benzene rings is 2. The highest BCUT2D eigenvalue weighted by molar-refractivity contribution is 5.65. The number of phenols is 1. The number of fused-ring (bicyclic) bond motifs is 1. The second kappa shape index (κ2) is 8.21. The van der Waals surface area contributed by atoms with Crippen LogP contribution in [0.15, 0.2) is 48.5 Å². The van der Waals surface area contributed by atoms with E-state index in [1.54, 1.807) is 19.2 Å². The number of nitrogens with zero attached hydrogens (tertiary/aromatic N) is 3. The van der Waals surface area contributed by atoms with Crippen LogP contribution in [0.4, 0.5) is 0 Å². The maximum absolute atomic E-state index is 9.68. The summed E-state index contributed by atoms with van der Waals surface area (Å²) in [6.45, 7) is 6.92. The Bertz CT molecular complexity index is 982. The zero-order valence-corrected chi connectivity index (χ0v) is 17.2. The molecule has 4 rings (SSSR count). The van der Waals surface area contributed by atoms with Gasteiger partial charge in [0.05, 0.1) is 18.5 Å². The van der Waals surface area contributed by atoms with E-state index >= 15 is 0 Å². The van der Waals surface area contributed by atoms with Crippen LogP contribution < -0.4 is 4.74 Å². The van der Waals surface area contributed by atoms with Crippen molar-refractivity contribution in [2.45, 2.75) is 39.3 Å². The molecule has 0 atom stereocenters. The fraction of sp³-hybridized carbons (Fsp3) is 0.333. The highest BCUT2D eigenvalue weighted by atomic mass is 16.5. The van der Waals surface area contributed by atoms with Gasteiger partial charge in [-0.1, -0.05) is 26.0 Å². The first-order valence-electron chi connectivity index (χ1n) is 10.1. The van der Waals surface area contributed by atoms with Crippen molar-refractivity contribution >= 4 is 0 Å². The molecule has 0 bridgehead atoms. The molecule has 0 saturated heterocycles. The van der Waals surface area contributed by atoms with Gasteiger partial charge < -0.3 is 9.84 Å². The summed E-state index contributed by atoms with van der Waals surface area (Å²) < 4.78 is 5.26. The summed E-state index contributed by atoms with van der Waals surface area (Å²) in [6, 6.07) is 15.6. The maximum atomic E-state index is 9.68. The average Bonchev–Trinajstić information content (AvgIpc) is 2.74. The standard InChI is InChI=1S/C24H27N3O2/c1-16(2)24-25-22-12-13-27(14-17-4-10-20(29-3)11-5-17)15-21(22)23(26-24)18-6-8-19(28)9-7-18/h4-11,16,28H,12-15H2,1-3H3. The van der Waals surface area contributed by atoms with E-state index in [0.717, 1.165) is 54.6 Å². The van der Waals surface area contributed by atoms with Crippen LogP contribution in [-0.2, 0) is 19.5 Å². The first-order valence-corrected chi connectivity index (χ1v) is 10.1. The molecule has 0 spiro atoms. The van der Waals surface area contributed by atoms with E-state index in [9.17, 15) is 5.11 Å². The Balaban J connectivity index is 1.65. The molecule has 0 amide bonds. The molecule has 1 N–H and O–H groups in total. The molecule has 0 radical (unpaired) electrons. The number of methoxy groups -OCH3 is 1. The molecule has 29 heavy (non-hydrogen) atoms. The van der Waals surface area contributed by atoms with Gasteiger partial charge in [-0.2, -0.15) is 0 Å². The van der Waals surface area contributed by atoms with E-state index in [4.69, 9.17) is 14.7 Å². The summed E-state index contributed by atoms with van der Waals surface area (Å²) in [5.74, 6) is 2.30. The van der Waals surface area contributed by atoms with Gasteiger partial charge in [0, 0.05) is 43.1 Å². The minimum absolute atomic E-state index is 0.266. The van der Waals surface area contributed by atoms with Crippen LogP contribution in [0.2, 0.25) is 0 Å². The van der Waals surface area contributed by atoms with E-state index < -0.39 is 0 Å². The van der Waals surface area contributed by atoms with E-state index in [-0.39, 0.29) is 11.7 Å². The van der Waals surface area contributed by atoms with Crippen molar-refractivity contribution in [3.05, 3.63) is 71.2 Å². The minimum atomic E-state index is 0.266. The highest BCUT2D eigenvalue weighted by Crippen LogP contribution is 2.31. The van der Waals surface area contributed by atoms with Crippen molar-refractivity contribution in [3.63, 3.8) is 0 Å². The quantitative estimate of drug-likeness (QED) is 0.694. The fourth-order valence-electron chi connectivity index (χ4n) is 3.73. The highest BCUT2D eigenvalue weighted by Gasteiger charge is 2.24. The normalized spacial score (nSPS) is 14.1. The predicted molar refractivity (Wildman–Crippen MR) is 114 cm³/mol. The van der Waals surface area contributed by atoms with Crippen molar-refractivity contribution in [1.82, 2.24) is 14.9 Å². The summed E-state index contributed by atoms with van der Waals surface area (Å²) in [5, 5.41) is 9.68. The Morgan fingerprint density at radius 2 is 1.76 bits per heavy atom. The lowest BCUT2D eigenvalue weighted by molar-refractivity contribution is 0.243. The first-order chi connectivity index (χ1) is 14.0. The molecular weight excluding hydrogens is 362 g/mol. The third-order valence-electron chi connectivity index (χ3n) is 5.38. The van der Waals surface area contributed by atoms with Gasteiger partial charge in [0.1, 0.15) is 17.3 Å². The number of phenolic OH excluding ortho intramolecular Hbond substituents is 1. The van der Waals surface area contributed by atoms with Gasteiger partial charge in [0.2, 0.25) is 0 Å². The van der Waals surface area contributed by atoms with Gasteiger partial charge in [-0.15, -0.1) is 0 Å². The van der Waals surface area contributed by atoms with Crippen LogP contribution in [0, 0.1) is 0 Å². The third-order valence-corrected chi connectivity index (χ3v) is 5.38. The zero-order chi connectivity index (χ0) is 20.4. The largest absolute Gasteiger partial charge is 0.508 e. The second-order valence-corrected chi connectivity index (χ2v) is 7.87. The van der Waals surface area contributed by atoms with E-state index in [2.05, 4.69) is 30.9 Å². The van der Waals surface area contributed by atoms with E-state index in [1.807, 2.05) is 24.3 Å². The van der Waals surface area contributed by atoms with Gasteiger partial charge >= 0.3 is 0 Å². The molecule has 2 aromatic carbocycles. The van der Waals surface area contributed by atoms with Crippen molar-refractivity contribution in [3.8, 4) is 22.8 Å². The predicted octanol–water partition coefficient (Wildman–Crippen LogP) is 4.54. The Morgan fingerprint density at radius 3 is 2.41 bits per heavy atom. The number of aromatic hydroxyl groups is 1. The zero-order valence-electron chi connectivity index (χ0n) is 17.2. The topological polar surface area (TPSA) is 58.5 Å². The van der Waals surface area contributed by atoms with Crippen molar-refractivity contribution in [2.75, 3.05) is 13.7 Å². The summed E-state index contributed by atoms with van der Waals surface area (Å²) in [4.78, 5) is 12.2. The van der Waals surface area contributed by atoms with Crippen LogP contribution in [0.3, 0.4) is 0 Å². The lowest BCUT2D eigenvalue weighted by atomic mass is 9.98. The SMILES string of the molecule is COc1ccc(CN2CCc3nc(C(C)C)nc(-c4ccc(O)cc4)c3C2)cc1. The monoisotopic (exact) mass is 389 g/mol. The van der Waals surface area contributed by atoms with Crippen LogP contribution in [0.5, 0.6) is 11.5 Å². The molecule has 0 fully saturated rings. The van der Waals surface area contributed by atoms with Crippen LogP contribution in [0.25, 0.3) is 11.3 Å². The molecule has 5 nitrogen and oxygen atoms in total. The smallest absolute Gasteiger partial charge is 0.131 e. The molecule has 1 aromatic heterocycles. The molecule has 150 valence electrons. The van der Waals surface area contributed by atoms with Crippen LogP contribution >= 0.6 is 0 Å². The Morgan fingerprint density at radius 1 is 1.03 bits per heavy atom. The summed E-state index contributed by atoms with van der Waals surface area (Å²) in [5.41, 5.74) is 5.62. The fourth-order valence-corrected chi connectivity index (χ4v) is 3.73. The Kier molecular flexibility index (Phi) is 5.49. The van der Waals surface area contributed by atoms with E-state index in [0.29, 0.717) is 0 Å². The minimum Gasteiger partial charge on any atom is -0.508 e. The van der Waals surface area contributed by atoms with Crippen molar-refractivity contribution in [1.29, 1.82) is 0 Å². The Labute approximate surface area is 172 Å². The average molecular weight is 389 g/mol. The number of rotatable bonds is 5. The molecular formula is C24H27N3O2. The van der Waals surface area contributed by atoms with Gasteiger partial charge in [-0.3, -0.25) is 4.90 Å². The second-order valence-electron chi connectivity index (χ2n) is 7.87. The lowest BCUT2D eigenvalue weighted by Crippen LogP contribution is -2.32. The van der Waals surface area contributed by atoms with Gasteiger partial charge in [-0.05, 0) is 42.0 Å². The van der Waals surface area contributed by atoms with Crippen molar-refractivity contribution in [2.24, 2.45) is 0 Å². The van der Waals surface area contributed by atoms with Gasteiger partial charge in [0.25, 0.3) is 0 Å². The lowest BCUT2D eigenvalue weighted by Gasteiger charge is -2.30. The summed E-state index contributed by atoms with van der Waals surface area (Å²) >= 11 is 0. The first kappa shape index (κ1) is 19.4. The molecule has 1 aliphatic heterocycles.